The van der Waals surface area contributed by atoms with Gasteiger partial charge >= 0.3 is 0 Å². The molecule has 0 saturated carbocycles. The molecule has 0 spiro atoms. The Balaban J connectivity index is 2.38. The summed E-state index contributed by atoms with van der Waals surface area (Å²) in [6, 6.07) is 8.44. The van der Waals surface area contributed by atoms with E-state index in [1.807, 2.05) is 13.8 Å². The van der Waals surface area contributed by atoms with Crippen LogP contribution in [0.2, 0.25) is 0 Å². The highest BCUT2D eigenvalue weighted by Gasteiger charge is 1.98. The second-order valence-electron chi connectivity index (χ2n) is 5.48. The number of benzene rings is 1. The molecular formula is C19H33N3O2. The molecule has 24 heavy (non-hydrogen) atoms. The van der Waals surface area contributed by atoms with E-state index >= 15 is 0 Å². The molecule has 0 amide bonds. The second kappa shape index (κ2) is 13.8. The zero-order valence-corrected chi connectivity index (χ0v) is 15.4. The van der Waals surface area contributed by atoms with Gasteiger partial charge < -0.3 is 20.1 Å². The van der Waals surface area contributed by atoms with Crippen molar-refractivity contribution in [3.8, 4) is 0 Å². The molecule has 0 aromatic heterocycles. The summed E-state index contributed by atoms with van der Waals surface area (Å²) in [6.07, 6.45) is 2.15. The van der Waals surface area contributed by atoms with Crippen LogP contribution in [0.25, 0.3) is 0 Å². The van der Waals surface area contributed by atoms with Crippen LogP contribution in [-0.2, 0) is 22.6 Å². The van der Waals surface area contributed by atoms with Crippen LogP contribution < -0.4 is 10.6 Å². The van der Waals surface area contributed by atoms with Crippen molar-refractivity contribution in [3.63, 3.8) is 0 Å². The highest BCUT2D eigenvalue weighted by atomic mass is 16.5. The molecule has 5 nitrogen and oxygen atoms in total. The molecule has 2 N–H and O–H groups in total. The van der Waals surface area contributed by atoms with Crippen molar-refractivity contribution < 1.29 is 9.47 Å². The minimum Gasteiger partial charge on any atom is -0.382 e. The lowest BCUT2D eigenvalue weighted by Gasteiger charge is -2.11. The van der Waals surface area contributed by atoms with Crippen LogP contribution in [0.15, 0.2) is 29.3 Å². The first-order valence-corrected chi connectivity index (χ1v) is 9.05. The van der Waals surface area contributed by atoms with Gasteiger partial charge in [0.1, 0.15) is 0 Å². The van der Waals surface area contributed by atoms with E-state index < -0.39 is 0 Å². The Labute approximate surface area is 146 Å². The van der Waals surface area contributed by atoms with Crippen molar-refractivity contribution in [2.75, 3.05) is 32.9 Å². The van der Waals surface area contributed by atoms with Crippen LogP contribution in [0, 0.1) is 0 Å². The fraction of sp³-hybridized carbons (Fsp3) is 0.632. The van der Waals surface area contributed by atoms with Gasteiger partial charge in [-0.15, -0.1) is 0 Å². The molecule has 5 heteroatoms. The highest BCUT2D eigenvalue weighted by molar-refractivity contribution is 5.79. The fourth-order valence-electron chi connectivity index (χ4n) is 2.15. The van der Waals surface area contributed by atoms with E-state index in [1.165, 1.54) is 11.1 Å². The van der Waals surface area contributed by atoms with Crippen LogP contribution in [0.5, 0.6) is 0 Å². The normalized spacial score (nSPS) is 11.5. The molecule has 1 aromatic carbocycles. The van der Waals surface area contributed by atoms with Gasteiger partial charge in [-0.05, 0) is 44.7 Å². The van der Waals surface area contributed by atoms with Crippen molar-refractivity contribution in [2.24, 2.45) is 4.99 Å². The predicted octanol–water partition coefficient (Wildman–Crippen LogP) is 3.09. The van der Waals surface area contributed by atoms with E-state index in [9.17, 15) is 0 Å². The monoisotopic (exact) mass is 335 g/mol. The van der Waals surface area contributed by atoms with E-state index in [-0.39, 0.29) is 0 Å². The maximum absolute atomic E-state index is 5.41. The lowest BCUT2D eigenvalue weighted by atomic mass is 10.1. The maximum Gasteiger partial charge on any atom is 0.191 e. The van der Waals surface area contributed by atoms with Gasteiger partial charge in [0.05, 0.1) is 13.2 Å². The van der Waals surface area contributed by atoms with Gasteiger partial charge in [-0.1, -0.05) is 24.3 Å². The first-order valence-electron chi connectivity index (χ1n) is 9.05. The number of guanidine groups is 1. The van der Waals surface area contributed by atoms with Gasteiger partial charge in [0.15, 0.2) is 5.96 Å². The molecule has 0 saturated heterocycles. The van der Waals surface area contributed by atoms with Gasteiger partial charge in [0, 0.05) is 32.9 Å². The third-order valence-electron chi connectivity index (χ3n) is 3.47. The van der Waals surface area contributed by atoms with E-state index in [0.717, 1.165) is 51.7 Å². The van der Waals surface area contributed by atoms with Crippen LogP contribution in [0.3, 0.4) is 0 Å². The van der Waals surface area contributed by atoms with Crippen molar-refractivity contribution >= 4 is 5.96 Å². The molecule has 136 valence electrons. The van der Waals surface area contributed by atoms with Crippen molar-refractivity contribution in [3.05, 3.63) is 35.4 Å². The summed E-state index contributed by atoms with van der Waals surface area (Å²) in [5.41, 5.74) is 2.40. The molecule has 0 aliphatic carbocycles. The predicted molar refractivity (Wildman–Crippen MR) is 100 cm³/mol. The molecule has 0 atom stereocenters. The van der Waals surface area contributed by atoms with Crippen LogP contribution in [-0.4, -0.2) is 38.9 Å². The summed E-state index contributed by atoms with van der Waals surface area (Å²) >= 11 is 0. The minimum atomic E-state index is 0.670. The van der Waals surface area contributed by atoms with Crippen molar-refractivity contribution in [1.82, 2.24) is 10.6 Å². The molecule has 1 rings (SSSR count). The van der Waals surface area contributed by atoms with E-state index in [2.05, 4.69) is 46.8 Å². The maximum atomic E-state index is 5.41. The van der Waals surface area contributed by atoms with Crippen LogP contribution >= 0.6 is 0 Å². The smallest absolute Gasteiger partial charge is 0.191 e. The minimum absolute atomic E-state index is 0.670. The number of unbranched alkanes of at least 4 members (excludes halogenated alkanes) is 1. The number of hydrogen-bond acceptors (Lipinski definition) is 3. The van der Waals surface area contributed by atoms with Crippen LogP contribution in [0.4, 0.5) is 0 Å². The first-order chi connectivity index (χ1) is 11.8. The number of aliphatic imine (C=N–C) groups is 1. The standard InChI is InChI=1S/C19H33N3O2/c1-4-20-19(21-13-7-8-14-23-5-2)22-15-17-9-11-18(12-10-17)16-24-6-3/h9-12H,4-8,13-16H2,1-3H3,(H2,20,21,22). The number of ether oxygens (including phenoxy) is 2. The summed E-state index contributed by atoms with van der Waals surface area (Å²) in [5.74, 6) is 0.868. The summed E-state index contributed by atoms with van der Waals surface area (Å²) in [5, 5.41) is 6.65. The Hall–Kier alpha value is -1.59. The largest absolute Gasteiger partial charge is 0.382 e. The third-order valence-corrected chi connectivity index (χ3v) is 3.47. The second-order valence-corrected chi connectivity index (χ2v) is 5.48. The molecule has 0 fully saturated rings. The van der Waals surface area contributed by atoms with Gasteiger partial charge in [-0.25, -0.2) is 4.99 Å². The van der Waals surface area contributed by atoms with Crippen molar-refractivity contribution in [1.29, 1.82) is 0 Å². The summed E-state index contributed by atoms with van der Waals surface area (Å²) in [6.45, 7) is 11.6. The Bertz CT molecular complexity index is 446. The van der Waals surface area contributed by atoms with E-state index in [1.54, 1.807) is 0 Å². The molecule has 0 heterocycles. The lowest BCUT2D eigenvalue weighted by molar-refractivity contribution is 0.134. The molecule has 0 unspecified atom stereocenters. The molecule has 1 aromatic rings. The van der Waals surface area contributed by atoms with E-state index in [4.69, 9.17) is 9.47 Å². The highest BCUT2D eigenvalue weighted by Crippen LogP contribution is 2.07. The number of nitrogens with one attached hydrogen (secondary N) is 2. The quantitative estimate of drug-likeness (QED) is 0.350. The Morgan fingerprint density at radius 2 is 1.62 bits per heavy atom. The molecule has 0 aliphatic heterocycles. The van der Waals surface area contributed by atoms with Gasteiger partial charge in [-0.2, -0.15) is 0 Å². The van der Waals surface area contributed by atoms with Gasteiger partial charge in [0.2, 0.25) is 0 Å². The topological polar surface area (TPSA) is 54.9 Å². The summed E-state index contributed by atoms with van der Waals surface area (Å²) in [7, 11) is 0. The van der Waals surface area contributed by atoms with E-state index in [0.29, 0.717) is 13.2 Å². The fourth-order valence-corrected chi connectivity index (χ4v) is 2.15. The zero-order valence-electron chi connectivity index (χ0n) is 15.4. The number of nitrogens with zero attached hydrogens (tertiary/aromatic N) is 1. The average Bonchev–Trinajstić information content (AvgIpc) is 2.61. The summed E-state index contributed by atoms with van der Waals surface area (Å²) < 4.78 is 10.8. The van der Waals surface area contributed by atoms with Crippen molar-refractivity contribution in [2.45, 2.75) is 46.8 Å². The molecule has 0 aliphatic rings. The van der Waals surface area contributed by atoms with Gasteiger partial charge in [0.25, 0.3) is 0 Å². The first kappa shape index (κ1) is 20.5. The number of rotatable bonds is 12. The van der Waals surface area contributed by atoms with Crippen LogP contribution in [0.1, 0.15) is 44.7 Å². The van der Waals surface area contributed by atoms with Gasteiger partial charge in [-0.3, -0.25) is 0 Å². The molecule has 0 radical (unpaired) electrons. The summed E-state index contributed by atoms with van der Waals surface area (Å²) in [4.78, 5) is 4.64. The zero-order chi connectivity index (χ0) is 17.5. The lowest BCUT2D eigenvalue weighted by Crippen LogP contribution is -2.37. The Morgan fingerprint density at radius 1 is 0.917 bits per heavy atom. The Morgan fingerprint density at radius 3 is 2.29 bits per heavy atom. The average molecular weight is 335 g/mol. The third kappa shape index (κ3) is 9.53. The molecule has 0 bridgehead atoms. The molecular weight excluding hydrogens is 302 g/mol. The number of hydrogen-bond donors (Lipinski definition) is 2. The SMILES string of the molecule is CCNC(=NCc1ccc(COCC)cc1)NCCCCOCC. The Kier molecular flexibility index (Phi) is 11.8.